The lowest BCUT2D eigenvalue weighted by Crippen LogP contribution is -2.30. The van der Waals surface area contributed by atoms with Crippen LogP contribution in [0.5, 0.6) is 0 Å². The van der Waals surface area contributed by atoms with Crippen molar-refractivity contribution in [2.75, 3.05) is 13.7 Å². The summed E-state index contributed by atoms with van der Waals surface area (Å²) in [5, 5.41) is 5.82. The van der Waals surface area contributed by atoms with Crippen LogP contribution in [-0.4, -0.2) is 40.1 Å². The highest BCUT2D eigenvalue weighted by molar-refractivity contribution is 5.95. The van der Waals surface area contributed by atoms with Crippen LogP contribution in [0.4, 0.5) is 17.6 Å². The number of carbonyl (C=O) groups is 2. The molecule has 7 nitrogen and oxygen atoms in total. The van der Waals surface area contributed by atoms with E-state index in [0.29, 0.717) is 4.52 Å². The second-order valence-corrected chi connectivity index (χ2v) is 5.59. The molecule has 146 valence electrons. The number of esters is 1. The van der Waals surface area contributed by atoms with Gasteiger partial charge in [-0.15, -0.1) is 0 Å². The highest BCUT2D eigenvalue weighted by Gasteiger charge is 2.35. The minimum atomic E-state index is -4.79. The average Bonchev–Trinajstić information content (AvgIpc) is 3.08. The van der Waals surface area contributed by atoms with E-state index < -0.39 is 36.1 Å². The van der Waals surface area contributed by atoms with Crippen molar-refractivity contribution in [2.24, 2.45) is 0 Å². The van der Waals surface area contributed by atoms with Crippen molar-refractivity contribution in [3.8, 4) is 11.3 Å². The van der Waals surface area contributed by atoms with Gasteiger partial charge in [0.25, 0.3) is 5.91 Å². The van der Waals surface area contributed by atoms with Gasteiger partial charge in [0.15, 0.2) is 17.0 Å². The summed E-state index contributed by atoms with van der Waals surface area (Å²) in [6.45, 7) is -0.469. The van der Waals surface area contributed by atoms with Crippen LogP contribution >= 0.6 is 0 Å². The van der Waals surface area contributed by atoms with E-state index in [1.807, 2.05) is 0 Å². The Bertz CT molecular complexity index is 1040. The maximum absolute atomic E-state index is 13.5. The van der Waals surface area contributed by atoms with Gasteiger partial charge in [-0.05, 0) is 30.3 Å². The second kappa shape index (κ2) is 7.25. The quantitative estimate of drug-likeness (QED) is 0.541. The molecule has 1 N–H and O–H groups in total. The van der Waals surface area contributed by atoms with Crippen molar-refractivity contribution >= 4 is 17.5 Å². The molecule has 2 aromatic heterocycles. The van der Waals surface area contributed by atoms with Gasteiger partial charge in [0.2, 0.25) is 0 Å². The van der Waals surface area contributed by atoms with Crippen LogP contribution in [0.25, 0.3) is 16.9 Å². The van der Waals surface area contributed by atoms with E-state index in [1.54, 1.807) is 0 Å². The smallest absolute Gasteiger partial charge is 0.433 e. The van der Waals surface area contributed by atoms with Crippen molar-refractivity contribution in [1.29, 1.82) is 0 Å². The van der Waals surface area contributed by atoms with Crippen LogP contribution in [0.15, 0.2) is 36.4 Å². The molecular weight excluding hydrogens is 384 g/mol. The van der Waals surface area contributed by atoms with Gasteiger partial charge in [0, 0.05) is 11.6 Å². The standard InChI is InChI=1S/C17H12F4N4O3/c1-28-15(26)8-22-16(27)12-7-14-23-11(9-2-4-10(18)5-3-9)6-13(17(19,20)21)25(14)24-12/h2-7H,8H2,1H3,(H,22,27). The third kappa shape index (κ3) is 3.92. The summed E-state index contributed by atoms with van der Waals surface area (Å²) < 4.78 is 58.4. The number of nitrogens with one attached hydrogen (secondary N) is 1. The number of rotatable bonds is 4. The summed E-state index contributed by atoms with van der Waals surface area (Å²) in [6, 6.07) is 6.56. The summed E-state index contributed by atoms with van der Waals surface area (Å²) in [4.78, 5) is 27.2. The molecule has 0 radical (unpaired) electrons. The number of fused-ring (bicyclic) bond motifs is 1. The first kappa shape index (κ1) is 19.3. The third-order valence-corrected chi connectivity index (χ3v) is 3.71. The number of aromatic nitrogens is 3. The lowest BCUT2D eigenvalue weighted by molar-refractivity contribution is -0.142. The number of carbonyl (C=O) groups excluding carboxylic acids is 2. The lowest BCUT2D eigenvalue weighted by atomic mass is 10.1. The van der Waals surface area contributed by atoms with Gasteiger partial charge < -0.3 is 10.1 Å². The fourth-order valence-corrected chi connectivity index (χ4v) is 2.37. The Morgan fingerprint density at radius 3 is 2.46 bits per heavy atom. The predicted octanol–water partition coefficient (Wildman–Crippen LogP) is 2.46. The van der Waals surface area contributed by atoms with E-state index in [0.717, 1.165) is 31.4 Å². The molecule has 3 aromatic rings. The molecule has 0 bridgehead atoms. The van der Waals surface area contributed by atoms with Gasteiger partial charge in [0.05, 0.1) is 12.8 Å². The van der Waals surface area contributed by atoms with Crippen LogP contribution < -0.4 is 5.32 Å². The van der Waals surface area contributed by atoms with Crippen molar-refractivity contribution in [3.05, 3.63) is 53.6 Å². The number of ether oxygens (including phenoxy) is 1. The third-order valence-electron chi connectivity index (χ3n) is 3.71. The molecule has 11 heteroatoms. The molecule has 0 aliphatic heterocycles. The molecule has 0 aliphatic rings. The van der Waals surface area contributed by atoms with Gasteiger partial charge >= 0.3 is 12.1 Å². The molecule has 28 heavy (non-hydrogen) atoms. The average molecular weight is 396 g/mol. The zero-order valence-electron chi connectivity index (χ0n) is 14.2. The van der Waals surface area contributed by atoms with E-state index >= 15 is 0 Å². The van der Waals surface area contributed by atoms with Gasteiger partial charge in [-0.3, -0.25) is 9.59 Å². The summed E-state index contributed by atoms with van der Waals surface area (Å²) >= 11 is 0. The van der Waals surface area contributed by atoms with E-state index in [4.69, 9.17) is 0 Å². The normalized spacial score (nSPS) is 11.5. The molecule has 0 aliphatic carbocycles. The minimum Gasteiger partial charge on any atom is -0.468 e. The molecule has 0 saturated heterocycles. The number of hydrogen-bond acceptors (Lipinski definition) is 5. The highest BCUT2D eigenvalue weighted by atomic mass is 19.4. The van der Waals surface area contributed by atoms with Crippen molar-refractivity contribution in [1.82, 2.24) is 19.9 Å². The monoisotopic (exact) mass is 396 g/mol. The maximum atomic E-state index is 13.5. The number of hydrogen-bond donors (Lipinski definition) is 1. The first-order valence-corrected chi connectivity index (χ1v) is 7.78. The van der Waals surface area contributed by atoms with E-state index in [1.165, 1.54) is 12.1 Å². The van der Waals surface area contributed by atoms with Crippen molar-refractivity contribution in [3.63, 3.8) is 0 Å². The number of benzene rings is 1. The Balaban J connectivity index is 2.06. The molecule has 2 heterocycles. The van der Waals surface area contributed by atoms with Gasteiger partial charge in [-0.2, -0.15) is 18.3 Å². The van der Waals surface area contributed by atoms with Crippen LogP contribution in [0, 0.1) is 5.82 Å². The molecule has 0 spiro atoms. The van der Waals surface area contributed by atoms with E-state index in [9.17, 15) is 27.2 Å². The number of alkyl halides is 3. The van der Waals surface area contributed by atoms with Gasteiger partial charge in [-0.1, -0.05) is 0 Å². The Labute approximate surface area is 154 Å². The van der Waals surface area contributed by atoms with Crippen molar-refractivity contribution < 1.29 is 31.9 Å². The topological polar surface area (TPSA) is 85.6 Å². The van der Waals surface area contributed by atoms with Crippen LogP contribution in [-0.2, 0) is 15.7 Å². The van der Waals surface area contributed by atoms with Crippen LogP contribution in [0.3, 0.4) is 0 Å². The summed E-state index contributed by atoms with van der Waals surface area (Å²) in [5.74, 6) is -2.15. The lowest BCUT2D eigenvalue weighted by Gasteiger charge is -2.11. The van der Waals surface area contributed by atoms with Crippen LogP contribution in [0.1, 0.15) is 16.2 Å². The van der Waals surface area contributed by atoms with Crippen LogP contribution in [0.2, 0.25) is 0 Å². The SMILES string of the molecule is COC(=O)CNC(=O)c1cc2nc(-c3ccc(F)cc3)cc(C(F)(F)F)n2n1. The number of amides is 1. The number of halogens is 4. The zero-order valence-corrected chi connectivity index (χ0v) is 14.2. The molecular formula is C17H12F4N4O3. The summed E-state index contributed by atoms with van der Waals surface area (Å²) in [7, 11) is 1.12. The molecule has 3 rings (SSSR count). The number of nitrogens with zero attached hydrogens (tertiary/aromatic N) is 3. The summed E-state index contributed by atoms with van der Waals surface area (Å²) in [6.07, 6.45) is -4.79. The molecule has 0 atom stereocenters. The Morgan fingerprint density at radius 2 is 1.86 bits per heavy atom. The first-order valence-electron chi connectivity index (χ1n) is 7.78. The molecule has 1 aromatic carbocycles. The predicted molar refractivity (Wildman–Crippen MR) is 87.7 cm³/mol. The molecule has 0 saturated carbocycles. The maximum Gasteiger partial charge on any atom is 0.433 e. The van der Waals surface area contributed by atoms with Gasteiger partial charge in [0.1, 0.15) is 12.4 Å². The fraction of sp³-hybridized carbons (Fsp3) is 0.176. The fourth-order valence-electron chi connectivity index (χ4n) is 2.37. The van der Waals surface area contributed by atoms with Gasteiger partial charge in [-0.25, -0.2) is 13.9 Å². The second-order valence-electron chi connectivity index (χ2n) is 5.59. The highest BCUT2D eigenvalue weighted by Crippen LogP contribution is 2.32. The Hall–Kier alpha value is -3.50. The zero-order chi connectivity index (χ0) is 20.5. The molecule has 0 unspecified atom stereocenters. The van der Waals surface area contributed by atoms with E-state index in [2.05, 4.69) is 20.1 Å². The van der Waals surface area contributed by atoms with Crippen molar-refractivity contribution in [2.45, 2.75) is 6.18 Å². The summed E-state index contributed by atoms with van der Waals surface area (Å²) in [5.41, 5.74) is -1.58. The Morgan fingerprint density at radius 1 is 1.18 bits per heavy atom. The first-order chi connectivity index (χ1) is 13.2. The molecule has 0 fully saturated rings. The van der Waals surface area contributed by atoms with E-state index in [-0.39, 0.29) is 22.6 Å². The largest absolute Gasteiger partial charge is 0.468 e. The molecule has 1 amide bonds. The number of methoxy groups -OCH3 is 1. The Kier molecular flexibility index (Phi) is 4.99. The minimum absolute atomic E-state index is 0.0683.